The third-order valence-electron chi connectivity index (χ3n) is 7.00. The largest absolute Gasteiger partial charge is 0.340 e. The number of rotatable bonds is 4. The number of carbonyl (C=O) groups excluding carboxylic acids is 2. The zero-order valence-electron chi connectivity index (χ0n) is 19.5. The van der Waals surface area contributed by atoms with Gasteiger partial charge in [0.2, 0.25) is 5.91 Å². The minimum Gasteiger partial charge on any atom is -0.340 e. The van der Waals surface area contributed by atoms with Crippen molar-refractivity contribution in [2.75, 3.05) is 44.6 Å². The predicted molar refractivity (Wildman–Crippen MR) is 136 cm³/mol. The van der Waals surface area contributed by atoms with E-state index in [4.69, 9.17) is 4.98 Å². The lowest BCUT2D eigenvalue weighted by Gasteiger charge is -2.40. The number of aromatic nitrogens is 1. The van der Waals surface area contributed by atoms with Gasteiger partial charge in [-0.2, -0.15) is 0 Å². The van der Waals surface area contributed by atoms with Crippen LogP contribution >= 0.6 is 11.3 Å². The van der Waals surface area contributed by atoms with E-state index in [9.17, 15) is 9.59 Å². The molecule has 3 amide bonds. The molecule has 2 fully saturated rings. The lowest BCUT2D eigenvalue weighted by atomic mass is 9.95. The van der Waals surface area contributed by atoms with Gasteiger partial charge in [0.25, 0.3) is 0 Å². The molecule has 0 saturated carbocycles. The molecule has 2 aliphatic heterocycles. The van der Waals surface area contributed by atoms with Gasteiger partial charge in [-0.1, -0.05) is 30.3 Å². The summed E-state index contributed by atoms with van der Waals surface area (Å²) in [6.45, 7) is 6.67. The topological polar surface area (TPSA) is 68.8 Å². The van der Waals surface area contributed by atoms with Crippen LogP contribution in [0.4, 0.5) is 10.5 Å². The van der Waals surface area contributed by atoms with E-state index < -0.39 is 0 Å². The second kappa shape index (κ2) is 10.1. The Morgan fingerprint density at radius 3 is 2.29 bits per heavy atom. The molecule has 1 unspecified atom stereocenters. The number of piperidine rings is 1. The van der Waals surface area contributed by atoms with Gasteiger partial charge in [-0.15, -0.1) is 11.3 Å². The molecule has 5 rings (SSSR count). The zero-order valence-corrected chi connectivity index (χ0v) is 20.3. The van der Waals surface area contributed by atoms with Crippen LogP contribution in [0.25, 0.3) is 10.2 Å². The summed E-state index contributed by atoms with van der Waals surface area (Å²) in [6, 6.07) is 17.9. The third kappa shape index (κ3) is 4.93. The van der Waals surface area contributed by atoms with E-state index in [0.717, 1.165) is 55.2 Å². The van der Waals surface area contributed by atoms with Gasteiger partial charge in [0.05, 0.1) is 16.3 Å². The molecule has 1 aromatic heterocycles. The van der Waals surface area contributed by atoms with Crippen LogP contribution in [0.5, 0.6) is 0 Å². The number of hydrogen-bond donors (Lipinski definition) is 1. The normalized spacial score (nSPS) is 18.7. The van der Waals surface area contributed by atoms with Crippen molar-refractivity contribution in [2.45, 2.75) is 25.8 Å². The van der Waals surface area contributed by atoms with Crippen molar-refractivity contribution in [3.8, 4) is 0 Å². The van der Waals surface area contributed by atoms with Gasteiger partial charge in [-0.05, 0) is 44.0 Å². The average Bonchev–Trinajstić information content (AvgIpc) is 3.33. The van der Waals surface area contributed by atoms with Crippen molar-refractivity contribution >= 4 is 39.2 Å². The first kappa shape index (κ1) is 22.8. The van der Waals surface area contributed by atoms with E-state index in [1.54, 1.807) is 11.3 Å². The van der Waals surface area contributed by atoms with Gasteiger partial charge in [0.15, 0.2) is 0 Å². The number of thiazole rings is 1. The van der Waals surface area contributed by atoms with E-state index in [2.05, 4.69) is 35.3 Å². The summed E-state index contributed by atoms with van der Waals surface area (Å²) in [5, 5.41) is 4.08. The number of hydrogen-bond acceptors (Lipinski definition) is 5. The Labute approximate surface area is 204 Å². The molecule has 0 spiro atoms. The summed E-state index contributed by atoms with van der Waals surface area (Å²) in [5.41, 5.74) is 1.86. The molecule has 2 aromatic carbocycles. The summed E-state index contributed by atoms with van der Waals surface area (Å²) in [6.07, 6.45) is 1.45. The fourth-order valence-electron chi connectivity index (χ4n) is 4.87. The maximum atomic E-state index is 13.2. The van der Waals surface area contributed by atoms with Gasteiger partial charge >= 0.3 is 6.03 Å². The molecule has 3 aromatic rings. The average molecular weight is 478 g/mol. The maximum Gasteiger partial charge on any atom is 0.321 e. The molecule has 178 valence electrons. The number of fused-ring (bicyclic) bond motifs is 1. The van der Waals surface area contributed by atoms with Crippen molar-refractivity contribution in [3.05, 3.63) is 59.6 Å². The molecule has 1 N–H and O–H groups in total. The number of benzene rings is 2. The van der Waals surface area contributed by atoms with Crippen molar-refractivity contribution in [1.29, 1.82) is 0 Å². The van der Waals surface area contributed by atoms with E-state index in [-0.39, 0.29) is 23.9 Å². The Kier molecular flexibility index (Phi) is 6.78. The molecular formula is C26H31N5O2S. The number of nitrogens with zero attached hydrogens (tertiary/aromatic N) is 4. The number of likely N-dealkylation sites (tertiary alicyclic amines) is 1. The molecule has 7 nitrogen and oxygen atoms in total. The number of urea groups is 1. The molecule has 2 aliphatic rings. The number of piperazine rings is 1. The second-order valence-electron chi connectivity index (χ2n) is 9.11. The van der Waals surface area contributed by atoms with E-state index in [0.29, 0.717) is 13.1 Å². The minimum atomic E-state index is -0.0884. The highest BCUT2D eigenvalue weighted by Gasteiger charge is 2.33. The van der Waals surface area contributed by atoms with Crippen LogP contribution in [0.2, 0.25) is 0 Å². The number of nitrogens with one attached hydrogen (secondary N) is 1. The van der Waals surface area contributed by atoms with Crippen LogP contribution < -0.4 is 5.32 Å². The third-order valence-corrected chi connectivity index (χ3v) is 8.20. The molecule has 3 heterocycles. The summed E-state index contributed by atoms with van der Waals surface area (Å²) < 4.78 is 1.22. The molecule has 0 bridgehead atoms. The fourth-order valence-corrected chi connectivity index (χ4v) is 5.92. The standard InChI is InChI=1S/C26H31N5O2S/c1-19(24-28-22-9-5-6-10-23(22)34-24)29-15-17-30(18-16-29)25(32)20-11-13-31(14-12-20)26(33)27-21-7-3-2-4-8-21/h2-10,19-20H,11-18H2,1H3,(H,27,33). The fraction of sp³-hybridized carbons (Fsp3) is 0.423. The smallest absolute Gasteiger partial charge is 0.321 e. The lowest BCUT2D eigenvalue weighted by Crippen LogP contribution is -2.52. The Balaban J connectivity index is 1.09. The second-order valence-corrected chi connectivity index (χ2v) is 10.2. The first-order valence-corrected chi connectivity index (χ1v) is 12.9. The molecule has 34 heavy (non-hydrogen) atoms. The highest BCUT2D eigenvalue weighted by atomic mass is 32.1. The Hall–Kier alpha value is -2.97. The van der Waals surface area contributed by atoms with Crippen LogP contribution in [-0.4, -0.2) is 70.9 Å². The summed E-state index contributed by atoms with van der Waals surface area (Å²) in [4.78, 5) is 36.8. The number of carbonyl (C=O) groups is 2. The molecular weight excluding hydrogens is 446 g/mol. The highest BCUT2D eigenvalue weighted by molar-refractivity contribution is 7.18. The molecule has 1 atom stereocenters. The predicted octanol–water partition coefficient (Wildman–Crippen LogP) is 4.45. The van der Waals surface area contributed by atoms with Crippen LogP contribution in [0, 0.1) is 5.92 Å². The van der Waals surface area contributed by atoms with E-state index >= 15 is 0 Å². The lowest BCUT2D eigenvalue weighted by molar-refractivity contribution is -0.139. The molecule has 0 aliphatic carbocycles. The maximum absolute atomic E-state index is 13.2. The minimum absolute atomic E-state index is 0.00834. The van der Waals surface area contributed by atoms with E-state index in [1.807, 2.05) is 46.2 Å². The van der Waals surface area contributed by atoms with Gasteiger partial charge in [0.1, 0.15) is 5.01 Å². The number of para-hydroxylation sites is 2. The Morgan fingerprint density at radius 1 is 0.912 bits per heavy atom. The quantitative estimate of drug-likeness (QED) is 0.603. The van der Waals surface area contributed by atoms with Crippen molar-refractivity contribution < 1.29 is 9.59 Å². The van der Waals surface area contributed by atoms with Crippen LogP contribution in [-0.2, 0) is 4.79 Å². The first-order valence-electron chi connectivity index (χ1n) is 12.1. The molecule has 8 heteroatoms. The highest BCUT2D eigenvalue weighted by Crippen LogP contribution is 2.30. The van der Waals surface area contributed by atoms with Crippen LogP contribution in [0.15, 0.2) is 54.6 Å². The number of amides is 3. The summed E-state index contributed by atoms with van der Waals surface area (Å²) in [7, 11) is 0. The Morgan fingerprint density at radius 2 is 1.59 bits per heavy atom. The summed E-state index contributed by atoms with van der Waals surface area (Å²) >= 11 is 1.76. The summed E-state index contributed by atoms with van der Waals surface area (Å²) in [5.74, 6) is 0.254. The van der Waals surface area contributed by atoms with Crippen molar-refractivity contribution in [3.63, 3.8) is 0 Å². The SMILES string of the molecule is CC(c1nc2ccccc2s1)N1CCN(C(=O)C2CCN(C(=O)Nc3ccccc3)CC2)CC1. The molecule has 2 saturated heterocycles. The molecule has 0 radical (unpaired) electrons. The van der Waals surface area contributed by atoms with Crippen molar-refractivity contribution in [1.82, 2.24) is 19.7 Å². The Bertz CT molecular complexity index is 1100. The number of anilines is 1. The van der Waals surface area contributed by atoms with Crippen molar-refractivity contribution in [2.24, 2.45) is 5.92 Å². The zero-order chi connectivity index (χ0) is 23.5. The van der Waals surface area contributed by atoms with Crippen LogP contribution in [0.1, 0.15) is 30.8 Å². The van der Waals surface area contributed by atoms with Gasteiger partial charge in [-0.25, -0.2) is 9.78 Å². The first-order chi connectivity index (χ1) is 16.6. The monoisotopic (exact) mass is 477 g/mol. The van der Waals surface area contributed by atoms with Gasteiger partial charge in [-0.3, -0.25) is 9.69 Å². The van der Waals surface area contributed by atoms with Gasteiger partial charge < -0.3 is 15.1 Å². The van der Waals surface area contributed by atoms with Crippen LogP contribution in [0.3, 0.4) is 0 Å². The van der Waals surface area contributed by atoms with E-state index in [1.165, 1.54) is 4.70 Å². The van der Waals surface area contributed by atoms with Gasteiger partial charge in [0, 0.05) is 50.9 Å².